The first-order chi connectivity index (χ1) is 9.35. The topological polar surface area (TPSA) is 47.3 Å². The van der Waals surface area contributed by atoms with Crippen molar-refractivity contribution in [2.24, 2.45) is 5.73 Å². The number of anilines is 1. The Kier molecular flexibility index (Phi) is 5.19. The van der Waals surface area contributed by atoms with E-state index in [1.54, 1.807) is 7.11 Å². The van der Waals surface area contributed by atoms with Crippen molar-refractivity contribution in [3.63, 3.8) is 0 Å². The van der Waals surface area contributed by atoms with E-state index < -0.39 is 0 Å². The van der Waals surface area contributed by atoms with Gasteiger partial charge in [0.1, 0.15) is 0 Å². The molecule has 1 unspecified atom stereocenters. The monoisotopic (exact) mass is 258 g/mol. The normalized spacial score (nSPS) is 12.5. The standard InChI is InChI=1S/C16H22N2O/c1-19-12-14(8-5-11-17)18-16-10-4-7-13-6-2-3-9-15(13)16/h2-4,6-7,9-10,14,18H,5,8,11-12,17H2,1H3. The molecule has 3 nitrogen and oxygen atoms in total. The Labute approximate surface area is 114 Å². The van der Waals surface area contributed by atoms with E-state index in [1.165, 1.54) is 10.8 Å². The molecule has 0 aliphatic heterocycles. The van der Waals surface area contributed by atoms with Crippen LogP contribution in [0.1, 0.15) is 12.8 Å². The van der Waals surface area contributed by atoms with E-state index in [1.807, 2.05) is 0 Å². The summed E-state index contributed by atoms with van der Waals surface area (Å²) in [4.78, 5) is 0. The highest BCUT2D eigenvalue weighted by molar-refractivity contribution is 5.93. The van der Waals surface area contributed by atoms with E-state index in [0.29, 0.717) is 12.6 Å². The minimum Gasteiger partial charge on any atom is -0.383 e. The lowest BCUT2D eigenvalue weighted by Gasteiger charge is -2.20. The van der Waals surface area contributed by atoms with Crippen LogP contribution in [0.4, 0.5) is 5.69 Å². The molecule has 0 saturated carbocycles. The summed E-state index contributed by atoms with van der Waals surface area (Å²) in [5.41, 5.74) is 6.75. The molecule has 0 spiro atoms. The molecule has 0 bridgehead atoms. The molecule has 3 heteroatoms. The van der Waals surface area contributed by atoms with Crippen molar-refractivity contribution in [1.29, 1.82) is 0 Å². The first-order valence-electron chi connectivity index (χ1n) is 6.78. The van der Waals surface area contributed by atoms with Gasteiger partial charge in [-0.05, 0) is 30.8 Å². The molecule has 2 aromatic rings. The zero-order valence-electron chi connectivity index (χ0n) is 11.4. The van der Waals surface area contributed by atoms with Gasteiger partial charge in [-0.25, -0.2) is 0 Å². The first kappa shape index (κ1) is 13.8. The molecule has 0 radical (unpaired) electrons. The fraction of sp³-hybridized carbons (Fsp3) is 0.375. The van der Waals surface area contributed by atoms with Crippen molar-refractivity contribution in [3.05, 3.63) is 42.5 Å². The van der Waals surface area contributed by atoms with Gasteiger partial charge in [0.25, 0.3) is 0 Å². The summed E-state index contributed by atoms with van der Waals surface area (Å²) in [7, 11) is 1.74. The van der Waals surface area contributed by atoms with Crippen LogP contribution < -0.4 is 11.1 Å². The average Bonchev–Trinajstić information content (AvgIpc) is 2.45. The van der Waals surface area contributed by atoms with Crippen LogP contribution in [0.3, 0.4) is 0 Å². The lowest BCUT2D eigenvalue weighted by molar-refractivity contribution is 0.182. The molecule has 2 rings (SSSR count). The van der Waals surface area contributed by atoms with Gasteiger partial charge in [0.2, 0.25) is 0 Å². The minimum atomic E-state index is 0.305. The van der Waals surface area contributed by atoms with Gasteiger partial charge in [0.05, 0.1) is 6.61 Å². The highest BCUT2D eigenvalue weighted by atomic mass is 16.5. The van der Waals surface area contributed by atoms with Gasteiger partial charge >= 0.3 is 0 Å². The van der Waals surface area contributed by atoms with Crippen molar-refractivity contribution in [2.45, 2.75) is 18.9 Å². The number of benzene rings is 2. The molecule has 0 heterocycles. The molecule has 2 aromatic carbocycles. The lowest BCUT2D eigenvalue weighted by atomic mass is 10.1. The Bertz CT molecular complexity index is 508. The third-order valence-corrected chi connectivity index (χ3v) is 3.27. The summed E-state index contributed by atoms with van der Waals surface area (Å²) < 4.78 is 5.28. The van der Waals surface area contributed by atoms with E-state index >= 15 is 0 Å². The molecule has 102 valence electrons. The molecule has 0 aromatic heterocycles. The zero-order chi connectivity index (χ0) is 13.5. The number of hydrogen-bond acceptors (Lipinski definition) is 3. The number of ether oxygens (including phenoxy) is 1. The summed E-state index contributed by atoms with van der Waals surface area (Å²) in [6.45, 7) is 1.42. The summed E-state index contributed by atoms with van der Waals surface area (Å²) in [6.07, 6.45) is 2.03. The largest absolute Gasteiger partial charge is 0.383 e. The Balaban J connectivity index is 2.18. The predicted molar refractivity (Wildman–Crippen MR) is 81.5 cm³/mol. The highest BCUT2D eigenvalue weighted by Gasteiger charge is 2.09. The molecule has 0 fully saturated rings. The van der Waals surface area contributed by atoms with E-state index in [0.717, 1.165) is 25.1 Å². The fourth-order valence-electron chi connectivity index (χ4n) is 2.33. The van der Waals surface area contributed by atoms with Gasteiger partial charge < -0.3 is 15.8 Å². The van der Waals surface area contributed by atoms with Gasteiger partial charge in [0.15, 0.2) is 0 Å². The van der Waals surface area contributed by atoms with E-state index in [-0.39, 0.29) is 0 Å². The molecular formula is C16H22N2O. The van der Waals surface area contributed by atoms with Crippen LogP contribution in [0.2, 0.25) is 0 Å². The number of nitrogens with two attached hydrogens (primary N) is 1. The van der Waals surface area contributed by atoms with Crippen molar-refractivity contribution in [1.82, 2.24) is 0 Å². The summed E-state index contributed by atoms with van der Waals surface area (Å²) in [5, 5.41) is 6.08. The molecule has 0 saturated heterocycles. The number of hydrogen-bond donors (Lipinski definition) is 2. The van der Waals surface area contributed by atoms with E-state index in [9.17, 15) is 0 Å². The molecule has 1 atom stereocenters. The second-order valence-electron chi connectivity index (χ2n) is 4.75. The highest BCUT2D eigenvalue weighted by Crippen LogP contribution is 2.24. The minimum absolute atomic E-state index is 0.305. The summed E-state index contributed by atoms with van der Waals surface area (Å²) in [5.74, 6) is 0. The number of rotatable bonds is 7. The average molecular weight is 258 g/mol. The maximum atomic E-state index is 5.59. The summed E-state index contributed by atoms with van der Waals surface area (Å²) in [6, 6.07) is 15.0. The fourth-order valence-corrected chi connectivity index (χ4v) is 2.33. The van der Waals surface area contributed by atoms with Crippen molar-refractivity contribution in [2.75, 3.05) is 25.6 Å². The Hall–Kier alpha value is -1.58. The van der Waals surface area contributed by atoms with Crippen LogP contribution in [0.15, 0.2) is 42.5 Å². The van der Waals surface area contributed by atoms with Gasteiger partial charge in [-0.3, -0.25) is 0 Å². The van der Waals surface area contributed by atoms with Crippen molar-refractivity contribution < 1.29 is 4.74 Å². The van der Waals surface area contributed by atoms with Gasteiger partial charge in [0, 0.05) is 24.2 Å². The number of nitrogens with one attached hydrogen (secondary N) is 1. The summed E-state index contributed by atoms with van der Waals surface area (Å²) >= 11 is 0. The SMILES string of the molecule is COCC(CCCN)Nc1cccc2ccccc12. The second kappa shape index (κ2) is 7.12. The van der Waals surface area contributed by atoms with Crippen LogP contribution in [-0.2, 0) is 4.74 Å². The van der Waals surface area contributed by atoms with Crippen LogP contribution >= 0.6 is 0 Å². The molecule has 0 amide bonds. The molecule has 3 N–H and O–H groups in total. The van der Waals surface area contributed by atoms with Crippen LogP contribution in [0, 0.1) is 0 Å². The Morgan fingerprint density at radius 2 is 1.95 bits per heavy atom. The maximum absolute atomic E-state index is 5.59. The zero-order valence-corrected chi connectivity index (χ0v) is 11.4. The van der Waals surface area contributed by atoms with Gasteiger partial charge in [-0.2, -0.15) is 0 Å². The van der Waals surface area contributed by atoms with Crippen LogP contribution in [0.5, 0.6) is 0 Å². The maximum Gasteiger partial charge on any atom is 0.0664 e. The third-order valence-electron chi connectivity index (χ3n) is 3.27. The van der Waals surface area contributed by atoms with E-state index in [2.05, 4.69) is 47.8 Å². The van der Waals surface area contributed by atoms with Crippen molar-refractivity contribution in [3.8, 4) is 0 Å². The second-order valence-corrected chi connectivity index (χ2v) is 4.75. The lowest BCUT2D eigenvalue weighted by Crippen LogP contribution is -2.25. The number of methoxy groups -OCH3 is 1. The Morgan fingerprint density at radius 3 is 2.74 bits per heavy atom. The predicted octanol–water partition coefficient (Wildman–Crippen LogP) is 3.01. The quantitative estimate of drug-likeness (QED) is 0.802. The molecule has 0 aliphatic rings. The molecule has 19 heavy (non-hydrogen) atoms. The first-order valence-corrected chi connectivity index (χ1v) is 6.78. The van der Waals surface area contributed by atoms with Crippen LogP contribution in [-0.4, -0.2) is 26.3 Å². The van der Waals surface area contributed by atoms with Crippen LogP contribution in [0.25, 0.3) is 10.8 Å². The molecule has 0 aliphatic carbocycles. The molecular weight excluding hydrogens is 236 g/mol. The third kappa shape index (κ3) is 3.69. The number of fused-ring (bicyclic) bond motifs is 1. The van der Waals surface area contributed by atoms with Crippen molar-refractivity contribution >= 4 is 16.5 Å². The van der Waals surface area contributed by atoms with E-state index in [4.69, 9.17) is 10.5 Å². The van der Waals surface area contributed by atoms with Gasteiger partial charge in [-0.15, -0.1) is 0 Å². The Morgan fingerprint density at radius 1 is 1.16 bits per heavy atom. The smallest absolute Gasteiger partial charge is 0.0664 e. The van der Waals surface area contributed by atoms with Gasteiger partial charge in [-0.1, -0.05) is 36.4 Å².